The number of halogens is 1. The minimum atomic E-state index is -0.699. The molecular formula is C32H33BrN2O3. The number of nitrogens with one attached hydrogen (secondary N) is 1. The molecule has 0 aliphatic rings. The van der Waals surface area contributed by atoms with Crippen LogP contribution in [0.4, 0.5) is 0 Å². The van der Waals surface area contributed by atoms with Crippen molar-refractivity contribution < 1.29 is 14.3 Å². The van der Waals surface area contributed by atoms with Crippen LogP contribution in [0.1, 0.15) is 30.5 Å². The molecule has 1 N–H and O–H groups in total. The Kier molecular flexibility index (Phi) is 9.19. The molecule has 1 atom stereocenters. The van der Waals surface area contributed by atoms with Crippen molar-refractivity contribution in [2.24, 2.45) is 0 Å². The highest BCUT2D eigenvalue weighted by Gasteiger charge is 2.31. The number of hydrogen-bond acceptors (Lipinski definition) is 3. The number of aryl methyl sites for hydroxylation is 1. The highest BCUT2D eigenvalue weighted by molar-refractivity contribution is 9.10. The summed E-state index contributed by atoms with van der Waals surface area (Å²) in [6, 6.07) is 28.8. The van der Waals surface area contributed by atoms with Gasteiger partial charge in [-0.3, -0.25) is 9.59 Å². The second-order valence-electron chi connectivity index (χ2n) is 9.70. The average molecular weight is 574 g/mol. The van der Waals surface area contributed by atoms with Crippen LogP contribution in [0.3, 0.4) is 0 Å². The van der Waals surface area contributed by atoms with Crippen LogP contribution in [0, 0.1) is 6.92 Å². The maximum absolute atomic E-state index is 13.8. The van der Waals surface area contributed by atoms with Gasteiger partial charge >= 0.3 is 0 Å². The lowest BCUT2D eigenvalue weighted by molar-refractivity contribution is -0.143. The number of nitrogens with zero attached hydrogens (tertiary/aromatic N) is 1. The van der Waals surface area contributed by atoms with E-state index in [2.05, 4.69) is 21.2 Å². The maximum atomic E-state index is 13.8. The third kappa shape index (κ3) is 6.81. The van der Waals surface area contributed by atoms with Crippen LogP contribution in [0.2, 0.25) is 0 Å². The van der Waals surface area contributed by atoms with Gasteiger partial charge in [0.05, 0.1) is 4.47 Å². The quantitative estimate of drug-likeness (QED) is 0.237. The van der Waals surface area contributed by atoms with Crippen molar-refractivity contribution in [3.63, 3.8) is 0 Å². The smallest absolute Gasteiger partial charge is 0.261 e. The number of hydrogen-bond donors (Lipinski definition) is 1. The number of carbonyl (C=O) groups is 2. The second-order valence-corrected chi connectivity index (χ2v) is 10.5. The molecule has 4 aromatic rings. The molecule has 4 aromatic carbocycles. The van der Waals surface area contributed by atoms with Crippen molar-refractivity contribution in [1.29, 1.82) is 0 Å². The lowest BCUT2D eigenvalue weighted by Crippen LogP contribution is -2.52. The largest absolute Gasteiger partial charge is 0.483 e. The highest BCUT2D eigenvalue weighted by Crippen LogP contribution is 2.33. The number of ether oxygens (including phenoxy) is 1. The van der Waals surface area contributed by atoms with Crippen LogP contribution >= 0.6 is 15.9 Å². The molecule has 2 amide bonds. The summed E-state index contributed by atoms with van der Waals surface area (Å²) in [5, 5.41) is 5.10. The first-order chi connectivity index (χ1) is 18.3. The van der Waals surface area contributed by atoms with Gasteiger partial charge in [-0.15, -0.1) is 0 Å². The Bertz CT molecular complexity index is 1400. The second kappa shape index (κ2) is 12.7. The van der Waals surface area contributed by atoms with E-state index in [1.807, 2.05) is 112 Å². The van der Waals surface area contributed by atoms with E-state index in [-0.39, 0.29) is 24.5 Å². The fraction of sp³-hybridized carbons (Fsp3) is 0.250. The summed E-state index contributed by atoms with van der Waals surface area (Å²) in [4.78, 5) is 29.0. The van der Waals surface area contributed by atoms with Crippen molar-refractivity contribution in [2.75, 3.05) is 6.61 Å². The molecule has 38 heavy (non-hydrogen) atoms. The van der Waals surface area contributed by atoms with E-state index in [9.17, 15) is 9.59 Å². The summed E-state index contributed by atoms with van der Waals surface area (Å²) in [7, 11) is 0. The van der Waals surface area contributed by atoms with Crippen LogP contribution in [-0.4, -0.2) is 35.4 Å². The topological polar surface area (TPSA) is 58.6 Å². The monoisotopic (exact) mass is 572 g/mol. The van der Waals surface area contributed by atoms with Crippen molar-refractivity contribution in [3.8, 4) is 5.75 Å². The third-order valence-electron chi connectivity index (χ3n) is 6.48. The van der Waals surface area contributed by atoms with Gasteiger partial charge in [0.1, 0.15) is 11.8 Å². The Labute approximate surface area is 232 Å². The van der Waals surface area contributed by atoms with E-state index in [1.165, 1.54) is 0 Å². The van der Waals surface area contributed by atoms with Crippen molar-refractivity contribution in [1.82, 2.24) is 10.2 Å². The first kappa shape index (κ1) is 27.4. The van der Waals surface area contributed by atoms with Crippen molar-refractivity contribution in [2.45, 2.75) is 45.8 Å². The van der Waals surface area contributed by atoms with E-state index in [0.29, 0.717) is 18.7 Å². The Morgan fingerprint density at radius 1 is 0.895 bits per heavy atom. The summed E-state index contributed by atoms with van der Waals surface area (Å²) in [6.45, 7) is 5.97. The molecule has 4 rings (SSSR count). The van der Waals surface area contributed by atoms with Gasteiger partial charge in [0, 0.05) is 19.0 Å². The first-order valence-electron chi connectivity index (χ1n) is 12.8. The summed E-state index contributed by atoms with van der Waals surface area (Å²) in [5.41, 5.74) is 3.03. The number of fused-ring (bicyclic) bond motifs is 1. The minimum absolute atomic E-state index is 0.0546. The van der Waals surface area contributed by atoms with E-state index in [1.54, 1.807) is 4.90 Å². The van der Waals surface area contributed by atoms with Gasteiger partial charge in [-0.1, -0.05) is 84.9 Å². The van der Waals surface area contributed by atoms with Gasteiger partial charge in [0.15, 0.2) is 6.61 Å². The first-order valence-corrected chi connectivity index (χ1v) is 13.6. The normalized spacial score (nSPS) is 11.8. The number of benzene rings is 4. The zero-order valence-corrected chi connectivity index (χ0v) is 23.6. The van der Waals surface area contributed by atoms with Crippen LogP contribution in [0.15, 0.2) is 95.5 Å². The fourth-order valence-corrected chi connectivity index (χ4v) is 5.06. The highest BCUT2D eigenvalue weighted by atomic mass is 79.9. The molecule has 0 spiro atoms. The van der Waals surface area contributed by atoms with Gasteiger partial charge in [-0.2, -0.15) is 0 Å². The predicted octanol–water partition coefficient (Wildman–Crippen LogP) is 6.45. The third-order valence-corrected chi connectivity index (χ3v) is 7.30. The van der Waals surface area contributed by atoms with Crippen LogP contribution < -0.4 is 10.1 Å². The lowest BCUT2D eigenvalue weighted by Gasteiger charge is -2.32. The van der Waals surface area contributed by atoms with E-state index in [4.69, 9.17) is 4.74 Å². The summed E-state index contributed by atoms with van der Waals surface area (Å²) >= 11 is 3.64. The standard InChI is InChI=1S/C32H33BrN2O3/c1-22(2)34-32(37)28(19-24-12-5-4-6-13-24)35(20-26-15-8-7-11-23(26)3)30(36)21-38-29-18-17-25-14-9-10-16-27(25)31(29)33/h4-18,22,28H,19-21H2,1-3H3,(H,34,37). The minimum Gasteiger partial charge on any atom is -0.483 e. The SMILES string of the molecule is Cc1ccccc1CN(C(=O)COc1ccc2ccccc2c1Br)C(Cc1ccccc1)C(=O)NC(C)C. The summed E-state index contributed by atoms with van der Waals surface area (Å²) < 4.78 is 6.85. The van der Waals surface area contributed by atoms with Gasteiger partial charge in [-0.05, 0) is 70.2 Å². The van der Waals surface area contributed by atoms with Crippen LogP contribution in [0.5, 0.6) is 5.75 Å². The molecule has 0 aliphatic heterocycles. The predicted molar refractivity (Wildman–Crippen MR) is 156 cm³/mol. The Morgan fingerprint density at radius 2 is 1.58 bits per heavy atom. The van der Waals surface area contributed by atoms with Gasteiger partial charge in [-0.25, -0.2) is 0 Å². The molecular weight excluding hydrogens is 540 g/mol. The Morgan fingerprint density at radius 3 is 2.32 bits per heavy atom. The molecule has 0 radical (unpaired) electrons. The van der Waals surface area contributed by atoms with E-state index in [0.717, 1.165) is 31.9 Å². The molecule has 0 bridgehead atoms. The lowest BCUT2D eigenvalue weighted by atomic mass is 10.0. The fourth-order valence-electron chi connectivity index (χ4n) is 4.45. The van der Waals surface area contributed by atoms with E-state index < -0.39 is 6.04 Å². The molecule has 0 saturated heterocycles. The molecule has 0 aliphatic carbocycles. The molecule has 0 fully saturated rings. The molecule has 196 valence electrons. The molecule has 6 heteroatoms. The van der Waals surface area contributed by atoms with Crippen molar-refractivity contribution in [3.05, 3.63) is 112 Å². The maximum Gasteiger partial charge on any atom is 0.261 e. The zero-order valence-electron chi connectivity index (χ0n) is 22.0. The van der Waals surface area contributed by atoms with Gasteiger partial charge < -0.3 is 15.0 Å². The van der Waals surface area contributed by atoms with E-state index >= 15 is 0 Å². The van der Waals surface area contributed by atoms with Crippen LogP contribution in [0.25, 0.3) is 10.8 Å². The average Bonchev–Trinajstić information content (AvgIpc) is 2.91. The number of rotatable bonds is 10. The van der Waals surface area contributed by atoms with Gasteiger partial charge in [0.2, 0.25) is 5.91 Å². The molecule has 0 aromatic heterocycles. The summed E-state index contributed by atoms with van der Waals surface area (Å²) in [5.74, 6) is 0.143. The Hall–Kier alpha value is -3.64. The summed E-state index contributed by atoms with van der Waals surface area (Å²) in [6.07, 6.45) is 0.399. The van der Waals surface area contributed by atoms with Gasteiger partial charge in [0.25, 0.3) is 5.91 Å². The molecule has 1 unspecified atom stereocenters. The van der Waals surface area contributed by atoms with Crippen LogP contribution in [-0.2, 0) is 22.6 Å². The number of carbonyl (C=O) groups excluding carboxylic acids is 2. The molecule has 0 heterocycles. The van der Waals surface area contributed by atoms with Crippen molar-refractivity contribution >= 4 is 38.5 Å². The Balaban J connectivity index is 1.65. The molecule has 5 nitrogen and oxygen atoms in total. The number of amides is 2. The molecule has 0 saturated carbocycles. The zero-order chi connectivity index (χ0) is 27.1.